The highest BCUT2D eigenvalue weighted by Gasteiger charge is 2.48. The first-order valence-corrected chi connectivity index (χ1v) is 11.4. The van der Waals surface area contributed by atoms with Crippen LogP contribution in [0.5, 0.6) is 5.75 Å². The van der Waals surface area contributed by atoms with Crippen LogP contribution in [0.2, 0.25) is 10.0 Å². The van der Waals surface area contributed by atoms with Gasteiger partial charge in [-0.15, -0.1) is 0 Å². The van der Waals surface area contributed by atoms with Crippen LogP contribution in [0.4, 0.5) is 5.69 Å². The Morgan fingerprint density at radius 3 is 2.61 bits per heavy atom. The number of hydrogen-bond donors (Lipinski definition) is 2. The number of aliphatic hydroxyl groups is 1. The summed E-state index contributed by atoms with van der Waals surface area (Å²) in [5.74, 6) is 0.760. The fourth-order valence-electron chi connectivity index (χ4n) is 4.47. The van der Waals surface area contributed by atoms with Gasteiger partial charge in [0.2, 0.25) is 5.91 Å². The number of nitrogens with zero attached hydrogens (tertiary/aromatic N) is 1. The van der Waals surface area contributed by atoms with Crippen molar-refractivity contribution < 1.29 is 14.6 Å². The average molecular weight is 463 g/mol. The fourth-order valence-corrected chi connectivity index (χ4v) is 4.77. The number of ether oxygens (including phenoxy) is 1. The Morgan fingerprint density at radius 1 is 1.19 bits per heavy atom. The van der Waals surface area contributed by atoms with Crippen LogP contribution in [0.15, 0.2) is 42.5 Å². The van der Waals surface area contributed by atoms with Crippen LogP contribution in [0.3, 0.4) is 0 Å². The minimum absolute atomic E-state index is 0.0471. The van der Waals surface area contributed by atoms with Crippen LogP contribution in [0, 0.1) is 5.41 Å². The number of hydrogen-bond acceptors (Lipinski definition) is 4. The van der Waals surface area contributed by atoms with E-state index in [0.717, 1.165) is 11.3 Å². The first kappa shape index (κ1) is 22.3. The second-order valence-corrected chi connectivity index (χ2v) is 10.1. The highest BCUT2D eigenvalue weighted by atomic mass is 35.5. The van der Waals surface area contributed by atoms with Gasteiger partial charge >= 0.3 is 0 Å². The van der Waals surface area contributed by atoms with Crippen molar-refractivity contribution in [3.63, 3.8) is 0 Å². The van der Waals surface area contributed by atoms with Crippen molar-refractivity contribution in [2.45, 2.75) is 44.8 Å². The number of amides is 1. The summed E-state index contributed by atoms with van der Waals surface area (Å²) < 4.78 is 6.00. The van der Waals surface area contributed by atoms with Crippen molar-refractivity contribution in [1.82, 2.24) is 4.90 Å². The number of carbonyl (C=O) groups is 1. The van der Waals surface area contributed by atoms with Crippen molar-refractivity contribution in [1.29, 1.82) is 0 Å². The van der Waals surface area contributed by atoms with Crippen molar-refractivity contribution in [2.24, 2.45) is 5.41 Å². The van der Waals surface area contributed by atoms with Gasteiger partial charge in [0.05, 0.1) is 24.3 Å². The third-order valence-electron chi connectivity index (χ3n) is 6.56. The summed E-state index contributed by atoms with van der Waals surface area (Å²) in [7, 11) is 0. The van der Waals surface area contributed by atoms with E-state index in [1.807, 2.05) is 55.1 Å². The lowest BCUT2D eigenvalue weighted by Gasteiger charge is -2.50. The molecule has 2 aromatic rings. The van der Waals surface area contributed by atoms with Gasteiger partial charge in [-0.1, -0.05) is 49.2 Å². The number of nitrogens with one attached hydrogen (secondary N) is 1. The van der Waals surface area contributed by atoms with E-state index in [-0.39, 0.29) is 12.0 Å². The summed E-state index contributed by atoms with van der Waals surface area (Å²) in [6, 6.07) is 13.0. The summed E-state index contributed by atoms with van der Waals surface area (Å²) in [6.07, 6.45) is 1.12. The minimum Gasteiger partial charge on any atom is -0.486 e. The standard InChI is InChI=1S/C24H28Cl2N2O3/c1-23(2)15-28(10-9-24(23,30)13-16-3-5-17(25)6-4-16)22(29)12-19-14-27-20-11-18(26)7-8-21(20)31-19/h3-8,11,19,27,30H,9-10,12-15H2,1-2H3. The molecular formula is C24H28Cl2N2O3. The maximum absolute atomic E-state index is 13.0. The van der Waals surface area contributed by atoms with Gasteiger partial charge in [0.25, 0.3) is 0 Å². The number of anilines is 1. The molecule has 2 aliphatic rings. The number of benzene rings is 2. The normalized spacial score (nSPS) is 24.7. The van der Waals surface area contributed by atoms with Crippen molar-refractivity contribution in [3.8, 4) is 5.75 Å². The van der Waals surface area contributed by atoms with E-state index in [1.54, 1.807) is 6.07 Å². The van der Waals surface area contributed by atoms with E-state index in [1.165, 1.54) is 0 Å². The van der Waals surface area contributed by atoms with Gasteiger partial charge in [-0.3, -0.25) is 4.79 Å². The monoisotopic (exact) mass is 462 g/mol. The maximum Gasteiger partial charge on any atom is 0.226 e. The van der Waals surface area contributed by atoms with Crippen LogP contribution >= 0.6 is 23.2 Å². The van der Waals surface area contributed by atoms with Crippen LogP contribution in [-0.2, 0) is 11.2 Å². The molecule has 1 amide bonds. The van der Waals surface area contributed by atoms with E-state index in [9.17, 15) is 9.90 Å². The summed E-state index contributed by atoms with van der Waals surface area (Å²) in [5, 5.41) is 16.1. The number of fused-ring (bicyclic) bond motifs is 1. The molecule has 2 N–H and O–H groups in total. The smallest absolute Gasteiger partial charge is 0.226 e. The van der Waals surface area contributed by atoms with Crippen LogP contribution < -0.4 is 10.1 Å². The zero-order valence-electron chi connectivity index (χ0n) is 17.8. The quantitative estimate of drug-likeness (QED) is 0.685. The maximum atomic E-state index is 13.0. The number of likely N-dealkylation sites (tertiary alicyclic amines) is 1. The SMILES string of the molecule is CC1(C)CN(C(=O)CC2CNc3cc(Cl)ccc3O2)CCC1(O)Cc1ccc(Cl)cc1. The molecule has 4 rings (SSSR count). The van der Waals surface area contributed by atoms with E-state index >= 15 is 0 Å². The Labute approximate surface area is 193 Å². The zero-order valence-corrected chi connectivity index (χ0v) is 19.3. The molecule has 0 aromatic heterocycles. The molecule has 2 unspecified atom stereocenters. The van der Waals surface area contributed by atoms with E-state index in [0.29, 0.717) is 54.7 Å². The molecule has 0 bridgehead atoms. The molecule has 0 saturated carbocycles. The second-order valence-electron chi connectivity index (χ2n) is 9.25. The van der Waals surface area contributed by atoms with Crippen LogP contribution in [0.1, 0.15) is 32.3 Å². The largest absolute Gasteiger partial charge is 0.486 e. The van der Waals surface area contributed by atoms with Gasteiger partial charge in [-0.2, -0.15) is 0 Å². The molecule has 5 nitrogen and oxygen atoms in total. The number of halogens is 2. The highest BCUT2D eigenvalue weighted by molar-refractivity contribution is 6.31. The molecule has 0 radical (unpaired) electrons. The number of carbonyl (C=O) groups excluding carboxylic acids is 1. The molecule has 1 fully saturated rings. The summed E-state index contributed by atoms with van der Waals surface area (Å²) >= 11 is 12.0. The van der Waals surface area contributed by atoms with E-state index < -0.39 is 11.0 Å². The molecule has 166 valence electrons. The zero-order chi connectivity index (χ0) is 22.2. The third-order valence-corrected chi connectivity index (χ3v) is 7.05. The fraction of sp³-hybridized carbons (Fsp3) is 0.458. The third kappa shape index (κ3) is 4.79. The van der Waals surface area contributed by atoms with E-state index in [2.05, 4.69) is 5.32 Å². The second kappa shape index (κ2) is 8.53. The Kier molecular flexibility index (Phi) is 6.12. The van der Waals surface area contributed by atoms with Crippen molar-refractivity contribution in [3.05, 3.63) is 58.1 Å². The lowest BCUT2D eigenvalue weighted by atomic mass is 9.67. The molecule has 0 aliphatic carbocycles. The Balaban J connectivity index is 1.37. The topological polar surface area (TPSA) is 61.8 Å². The van der Waals surface area contributed by atoms with Crippen LogP contribution in [0.25, 0.3) is 0 Å². The lowest BCUT2D eigenvalue weighted by Crippen LogP contribution is -2.59. The molecule has 0 spiro atoms. The minimum atomic E-state index is -0.890. The molecule has 2 heterocycles. The van der Waals surface area contributed by atoms with Gasteiger partial charge in [0.1, 0.15) is 11.9 Å². The molecule has 2 atom stereocenters. The Hall–Kier alpha value is -1.95. The summed E-state index contributed by atoms with van der Waals surface area (Å²) in [4.78, 5) is 14.9. The molecule has 31 heavy (non-hydrogen) atoms. The van der Waals surface area contributed by atoms with Gasteiger partial charge in [-0.05, 0) is 42.3 Å². The van der Waals surface area contributed by atoms with Gasteiger partial charge in [0.15, 0.2) is 0 Å². The lowest BCUT2D eigenvalue weighted by molar-refractivity contribution is -0.151. The number of piperidine rings is 1. The first-order valence-electron chi connectivity index (χ1n) is 10.6. The summed E-state index contributed by atoms with van der Waals surface area (Å²) in [5.41, 5.74) is 0.552. The molecule has 2 aliphatic heterocycles. The van der Waals surface area contributed by atoms with Gasteiger partial charge in [-0.25, -0.2) is 0 Å². The Morgan fingerprint density at radius 2 is 1.90 bits per heavy atom. The van der Waals surface area contributed by atoms with Crippen LogP contribution in [-0.4, -0.2) is 47.3 Å². The average Bonchev–Trinajstić information content (AvgIpc) is 2.72. The predicted octanol–water partition coefficient (Wildman–Crippen LogP) is 4.79. The van der Waals surface area contributed by atoms with E-state index in [4.69, 9.17) is 27.9 Å². The molecule has 2 aromatic carbocycles. The van der Waals surface area contributed by atoms with Crippen molar-refractivity contribution >= 4 is 34.8 Å². The first-order chi connectivity index (χ1) is 14.6. The molecule has 1 saturated heterocycles. The van der Waals surface area contributed by atoms with Gasteiger partial charge < -0.3 is 20.1 Å². The highest BCUT2D eigenvalue weighted by Crippen LogP contribution is 2.41. The number of rotatable bonds is 4. The Bertz CT molecular complexity index is 964. The molecule has 7 heteroatoms. The summed E-state index contributed by atoms with van der Waals surface area (Å²) in [6.45, 7) is 5.64. The molecular weight excluding hydrogens is 435 g/mol. The van der Waals surface area contributed by atoms with Crippen molar-refractivity contribution in [2.75, 3.05) is 25.0 Å². The predicted molar refractivity (Wildman–Crippen MR) is 124 cm³/mol. The van der Waals surface area contributed by atoms with Gasteiger partial charge in [0, 0.05) is 35.0 Å².